The summed E-state index contributed by atoms with van der Waals surface area (Å²) in [4.78, 5) is -0.0000529. The van der Waals surface area contributed by atoms with Crippen molar-refractivity contribution in [2.75, 3.05) is 12.4 Å². The maximum absolute atomic E-state index is 12.1. The molecule has 0 saturated carbocycles. The van der Waals surface area contributed by atoms with E-state index >= 15 is 0 Å². The van der Waals surface area contributed by atoms with Crippen molar-refractivity contribution in [2.45, 2.75) is 11.8 Å². The Bertz CT molecular complexity index is 801. The number of aromatic hydroxyl groups is 1. The zero-order valence-corrected chi connectivity index (χ0v) is 12.8. The van der Waals surface area contributed by atoms with Gasteiger partial charge in [-0.3, -0.25) is 0 Å². The summed E-state index contributed by atoms with van der Waals surface area (Å²) in [6, 6.07) is 11.0. The van der Waals surface area contributed by atoms with Crippen LogP contribution in [0.25, 0.3) is 0 Å². The smallest absolute Gasteiger partial charge is 0.182 e. The van der Waals surface area contributed by atoms with Gasteiger partial charge in [0, 0.05) is 0 Å². The van der Waals surface area contributed by atoms with Gasteiger partial charge in [0.2, 0.25) is 0 Å². The third-order valence-corrected chi connectivity index (χ3v) is 4.69. The first kappa shape index (κ1) is 16.1. The molecule has 2 N–H and O–H groups in total. The van der Waals surface area contributed by atoms with Crippen LogP contribution in [0.1, 0.15) is 5.56 Å². The van der Waals surface area contributed by atoms with Crippen LogP contribution < -0.4 is 0 Å². The summed E-state index contributed by atoms with van der Waals surface area (Å²) in [6.07, 6.45) is 0. The van der Waals surface area contributed by atoms with Crippen LogP contribution in [0.3, 0.4) is 0 Å². The second-order valence-electron chi connectivity index (χ2n) is 4.70. The second kappa shape index (κ2) is 6.67. The Labute approximate surface area is 128 Å². The number of aliphatic hydroxyl groups is 1. The molecule has 6 nitrogen and oxygen atoms in total. The quantitative estimate of drug-likeness (QED) is 0.827. The van der Waals surface area contributed by atoms with E-state index in [0.29, 0.717) is 0 Å². The number of hydrogen-bond acceptors (Lipinski definition) is 6. The van der Waals surface area contributed by atoms with E-state index in [0.717, 1.165) is 5.56 Å². The Balaban J connectivity index is 2.42. The van der Waals surface area contributed by atoms with Crippen molar-refractivity contribution in [3.8, 4) is 5.75 Å². The number of phenolic OH excluding ortho intramolecular Hbond substituents is 1. The van der Waals surface area contributed by atoms with Crippen molar-refractivity contribution >= 4 is 21.2 Å². The highest BCUT2D eigenvalue weighted by Gasteiger charge is 2.17. The third-order valence-electron chi connectivity index (χ3n) is 2.96. The average Bonchev–Trinajstić information content (AvgIpc) is 2.48. The molecular weight excluding hydrogens is 304 g/mol. The Hall–Kier alpha value is -2.25. The molecule has 22 heavy (non-hydrogen) atoms. The monoisotopic (exact) mass is 320 g/mol. The van der Waals surface area contributed by atoms with E-state index in [-0.39, 0.29) is 27.8 Å². The van der Waals surface area contributed by atoms with E-state index in [9.17, 15) is 13.5 Å². The van der Waals surface area contributed by atoms with Crippen molar-refractivity contribution in [3.05, 3.63) is 48.0 Å². The summed E-state index contributed by atoms with van der Waals surface area (Å²) < 4.78 is 24.1. The molecule has 0 aliphatic carbocycles. The van der Waals surface area contributed by atoms with Crippen molar-refractivity contribution < 1.29 is 18.6 Å². The predicted octanol–water partition coefficient (Wildman–Crippen LogP) is 2.88. The van der Waals surface area contributed by atoms with Crippen molar-refractivity contribution in [3.63, 3.8) is 0 Å². The van der Waals surface area contributed by atoms with Gasteiger partial charge < -0.3 is 10.2 Å². The van der Waals surface area contributed by atoms with Crippen LogP contribution in [0, 0.1) is 6.92 Å². The van der Waals surface area contributed by atoms with Crippen LogP contribution in [0.4, 0.5) is 11.4 Å². The third kappa shape index (κ3) is 3.69. The first-order valence-electron chi connectivity index (χ1n) is 6.58. The van der Waals surface area contributed by atoms with Gasteiger partial charge in [-0.1, -0.05) is 18.2 Å². The number of aliphatic hydroxyl groups excluding tert-OH is 1. The number of aryl methyl sites for hydroxylation is 1. The Kier molecular flexibility index (Phi) is 4.89. The average molecular weight is 320 g/mol. The zero-order valence-electron chi connectivity index (χ0n) is 12.0. The number of phenols is 1. The van der Waals surface area contributed by atoms with Gasteiger partial charge in [0.15, 0.2) is 9.84 Å². The fourth-order valence-corrected chi connectivity index (χ4v) is 3.03. The fraction of sp³-hybridized carbons (Fsp3) is 0.200. The van der Waals surface area contributed by atoms with E-state index in [1.807, 2.05) is 6.92 Å². The summed E-state index contributed by atoms with van der Waals surface area (Å²) in [5, 5.41) is 26.4. The maximum atomic E-state index is 12.1. The summed E-state index contributed by atoms with van der Waals surface area (Å²) in [5.41, 5.74) is 1.32. The minimum atomic E-state index is -3.63. The topological polar surface area (TPSA) is 99.3 Å². The highest BCUT2D eigenvalue weighted by atomic mass is 32.2. The van der Waals surface area contributed by atoms with Crippen molar-refractivity contribution in [2.24, 2.45) is 10.2 Å². The van der Waals surface area contributed by atoms with E-state index in [1.165, 1.54) is 18.2 Å². The molecule has 0 radical (unpaired) electrons. The van der Waals surface area contributed by atoms with Gasteiger partial charge in [0.05, 0.1) is 17.3 Å². The predicted molar refractivity (Wildman–Crippen MR) is 82.6 cm³/mol. The number of nitrogens with zero attached hydrogens (tertiary/aromatic N) is 2. The van der Waals surface area contributed by atoms with Gasteiger partial charge in [-0.2, -0.15) is 0 Å². The van der Waals surface area contributed by atoms with Crippen LogP contribution >= 0.6 is 0 Å². The first-order chi connectivity index (χ1) is 10.4. The SMILES string of the molecule is Cc1ccc(O)c(N=Nc2ccccc2S(=O)(=O)CCO)c1. The fourth-order valence-electron chi connectivity index (χ4n) is 1.85. The Morgan fingerprint density at radius 3 is 2.45 bits per heavy atom. The molecule has 2 aromatic carbocycles. The molecular formula is C15H16N2O4S. The largest absolute Gasteiger partial charge is 0.506 e. The van der Waals surface area contributed by atoms with Gasteiger partial charge in [-0.15, -0.1) is 10.2 Å². The highest BCUT2D eigenvalue weighted by molar-refractivity contribution is 7.91. The molecule has 2 aromatic rings. The summed E-state index contributed by atoms with van der Waals surface area (Å²) in [5.74, 6) is -0.417. The molecule has 0 unspecified atom stereocenters. The summed E-state index contributed by atoms with van der Waals surface area (Å²) in [7, 11) is -3.63. The number of rotatable bonds is 5. The van der Waals surface area contributed by atoms with Crippen LogP contribution in [0.2, 0.25) is 0 Å². The van der Waals surface area contributed by atoms with Gasteiger partial charge in [-0.25, -0.2) is 8.42 Å². The number of hydrogen-bond donors (Lipinski definition) is 2. The second-order valence-corrected chi connectivity index (χ2v) is 6.78. The van der Waals surface area contributed by atoms with Crippen LogP contribution in [0.15, 0.2) is 57.6 Å². The number of benzene rings is 2. The molecule has 0 amide bonds. The van der Waals surface area contributed by atoms with Gasteiger partial charge in [0.25, 0.3) is 0 Å². The normalized spacial score (nSPS) is 11.9. The molecule has 0 bridgehead atoms. The lowest BCUT2D eigenvalue weighted by molar-refractivity contribution is 0.319. The summed E-state index contributed by atoms with van der Waals surface area (Å²) >= 11 is 0. The number of sulfone groups is 1. The zero-order chi connectivity index (χ0) is 16.2. The van der Waals surface area contributed by atoms with Crippen LogP contribution in [-0.4, -0.2) is 31.0 Å². The lowest BCUT2D eigenvalue weighted by atomic mass is 10.2. The maximum Gasteiger partial charge on any atom is 0.182 e. The lowest BCUT2D eigenvalue weighted by Gasteiger charge is -2.05. The van der Waals surface area contributed by atoms with Gasteiger partial charge >= 0.3 is 0 Å². The molecule has 2 rings (SSSR count). The minimum absolute atomic E-state index is 0.0000529. The van der Waals surface area contributed by atoms with Crippen molar-refractivity contribution in [1.29, 1.82) is 0 Å². The van der Waals surface area contributed by atoms with Crippen LogP contribution in [0.5, 0.6) is 5.75 Å². The van der Waals surface area contributed by atoms with Crippen LogP contribution in [-0.2, 0) is 9.84 Å². The molecule has 0 spiro atoms. The van der Waals surface area contributed by atoms with E-state index in [4.69, 9.17) is 5.11 Å². The molecule has 0 atom stereocenters. The Morgan fingerprint density at radius 2 is 1.73 bits per heavy atom. The van der Waals surface area contributed by atoms with E-state index in [2.05, 4.69) is 10.2 Å². The highest BCUT2D eigenvalue weighted by Crippen LogP contribution is 2.31. The van der Waals surface area contributed by atoms with Gasteiger partial charge in [-0.05, 0) is 36.8 Å². The molecule has 0 aromatic heterocycles. The lowest BCUT2D eigenvalue weighted by Crippen LogP contribution is -2.10. The molecule has 116 valence electrons. The molecule has 0 aliphatic rings. The Morgan fingerprint density at radius 1 is 1.05 bits per heavy atom. The standard InChI is InChI=1S/C15H16N2O4S/c1-11-6-7-14(19)13(10-11)17-16-12-4-2-3-5-15(12)22(20,21)9-8-18/h2-7,10,18-19H,8-9H2,1H3. The molecule has 7 heteroatoms. The molecule has 0 fully saturated rings. The molecule has 0 saturated heterocycles. The van der Waals surface area contributed by atoms with E-state index in [1.54, 1.807) is 24.3 Å². The number of azo groups is 1. The molecule has 0 aliphatic heterocycles. The van der Waals surface area contributed by atoms with E-state index < -0.39 is 16.4 Å². The van der Waals surface area contributed by atoms with Gasteiger partial charge in [0.1, 0.15) is 17.1 Å². The molecule has 0 heterocycles. The first-order valence-corrected chi connectivity index (χ1v) is 8.23. The van der Waals surface area contributed by atoms with Crippen molar-refractivity contribution in [1.82, 2.24) is 0 Å². The minimum Gasteiger partial charge on any atom is -0.506 e. The summed E-state index contributed by atoms with van der Waals surface area (Å²) in [6.45, 7) is 1.38.